The lowest BCUT2D eigenvalue weighted by molar-refractivity contribution is 0.508. The summed E-state index contributed by atoms with van der Waals surface area (Å²) in [6.07, 6.45) is 4.70. The van der Waals surface area contributed by atoms with Crippen molar-refractivity contribution in [3.05, 3.63) is 47.5 Å². The predicted octanol–water partition coefficient (Wildman–Crippen LogP) is 3.04. The second kappa shape index (κ2) is 9.02. The summed E-state index contributed by atoms with van der Waals surface area (Å²) < 4.78 is 2.26. The van der Waals surface area contributed by atoms with Gasteiger partial charge in [0.1, 0.15) is 12.4 Å². The molecule has 146 valence electrons. The Bertz CT molecular complexity index is 747. The van der Waals surface area contributed by atoms with Crippen molar-refractivity contribution in [2.24, 2.45) is 4.99 Å². The van der Waals surface area contributed by atoms with Gasteiger partial charge in [0.2, 0.25) is 0 Å². The van der Waals surface area contributed by atoms with Gasteiger partial charge in [-0.05, 0) is 25.3 Å². The number of aliphatic imine (C=N–C) groups is 1. The second-order valence-corrected chi connectivity index (χ2v) is 7.79. The highest BCUT2D eigenvalue weighted by Gasteiger charge is 2.20. The van der Waals surface area contributed by atoms with Crippen molar-refractivity contribution in [1.29, 1.82) is 0 Å². The Labute approximate surface area is 162 Å². The van der Waals surface area contributed by atoms with E-state index in [1.807, 2.05) is 0 Å². The fourth-order valence-corrected chi connectivity index (χ4v) is 3.45. The Morgan fingerprint density at radius 3 is 2.70 bits per heavy atom. The van der Waals surface area contributed by atoms with Crippen molar-refractivity contribution in [3.63, 3.8) is 0 Å². The Morgan fingerprint density at radius 2 is 1.93 bits per heavy atom. The van der Waals surface area contributed by atoms with Gasteiger partial charge < -0.3 is 15.2 Å². The van der Waals surface area contributed by atoms with Crippen molar-refractivity contribution in [2.45, 2.75) is 65.0 Å². The first-order valence-corrected chi connectivity index (χ1v) is 10.1. The van der Waals surface area contributed by atoms with Crippen LogP contribution in [0.4, 0.5) is 0 Å². The molecule has 1 aromatic heterocycles. The molecule has 0 radical (unpaired) electrons. The molecule has 0 spiro atoms. The van der Waals surface area contributed by atoms with Gasteiger partial charge in [0, 0.05) is 31.5 Å². The Balaban J connectivity index is 1.66. The lowest BCUT2D eigenvalue weighted by atomic mass is 9.85. The zero-order valence-electron chi connectivity index (χ0n) is 16.8. The Morgan fingerprint density at radius 1 is 1.11 bits per heavy atom. The summed E-state index contributed by atoms with van der Waals surface area (Å²) in [6, 6.07) is 10.6. The maximum atomic E-state index is 4.76. The number of aryl methyl sites for hydroxylation is 1. The number of nitrogens with one attached hydrogen (secondary N) is 2. The summed E-state index contributed by atoms with van der Waals surface area (Å²) >= 11 is 0. The monoisotopic (exact) mass is 368 g/mol. The number of fused-ring (bicyclic) bond motifs is 1. The van der Waals surface area contributed by atoms with Crippen LogP contribution in [0.1, 0.15) is 57.2 Å². The van der Waals surface area contributed by atoms with Crippen molar-refractivity contribution in [2.75, 3.05) is 13.1 Å². The molecule has 6 heteroatoms. The molecule has 6 nitrogen and oxygen atoms in total. The largest absolute Gasteiger partial charge is 0.357 e. The van der Waals surface area contributed by atoms with Crippen LogP contribution in [0.15, 0.2) is 35.3 Å². The van der Waals surface area contributed by atoms with Gasteiger partial charge >= 0.3 is 0 Å². The molecule has 1 aromatic carbocycles. The first-order valence-electron chi connectivity index (χ1n) is 10.1. The van der Waals surface area contributed by atoms with Crippen LogP contribution in [0.25, 0.3) is 0 Å². The molecule has 0 saturated carbocycles. The summed E-state index contributed by atoms with van der Waals surface area (Å²) in [6.45, 7) is 9.78. The zero-order chi connectivity index (χ0) is 19.1. The van der Waals surface area contributed by atoms with Crippen LogP contribution in [0.2, 0.25) is 0 Å². The van der Waals surface area contributed by atoms with E-state index in [-0.39, 0.29) is 5.41 Å². The van der Waals surface area contributed by atoms with Gasteiger partial charge in [-0.3, -0.25) is 0 Å². The van der Waals surface area contributed by atoms with Crippen molar-refractivity contribution in [1.82, 2.24) is 25.4 Å². The molecule has 0 saturated heterocycles. The van der Waals surface area contributed by atoms with Gasteiger partial charge in [0.05, 0.1) is 0 Å². The topological polar surface area (TPSA) is 67.1 Å². The number of hydrogen-bond donors (Lipinski definition) is 2. The first-order chi connectivity index (χ1) is 13.1. The SMILES string of the molecule is CCNC(=NCc1nnc2n1CCCCC2)NCC(C)(C)c1ccccc1. The van der Waals surface area contributed by atoms with E-state index in [1.54, 1.807) is 0 Å². The zero-order valence-corrected chi connectivity index (χ0v) is 16.8. The van der Waals surface area contributed by atoms with Crippen LogP contribution in [-0.4, -0.2) is 33.8 Å². The first kappa shape index (κ1) is 19.4. The molecule has 27 heavy (non-hydrogen) atoms. The minimum atomic E-state index is 0.0173. The summed E-state index contributed by atoms with van der Waals surface area (Å²) in [5.41, 5.74) is 1.33. The lowest BCUT2D eigenvalue weighted by Gasteiger charge is -2.26. The molecule has 0 fully saturated rings. The van der Waals surface area contributed by atoms with Crippen LogP contribution >= 0.6 is 0 Å². The summed E-state index contributed by atoms with van der Waals surface area (Å²) in [7, 11) is 0. The molecule has 0 aliphatic carbocycles. The van der Waals surface area contributed by atoms with Crippen molar-refractivity contribution in [3.8, 4) is 0 Å². The normalized spacial score (nSPS) is 15.1. The van der Waals surface area contributed by atoms with Gasteiger partial charge in [0.25, 0.3) is 0 Å². The number of aromatic nitrogens is 3. The molecular formula is C21H32N6. The van der Waals surface area contributed by atoms with Gasteiger partial charge in [-0.1, -0.05) is 50.6 Å². The van der Waals surface area contributed by atoms with Crippen LogP contribution in [-0.2, 0) is 24.9 Å². The molecule has 0 amide bonds. The van der Waals surface area contributed by atoms with E-state index in [0.29, 0.717) is 6.54 Å². The number of rotatable bonds is 6. The third kappa shape index (κ3) is 5.08. The quantitative estimate of drug-likeness (QED) is 0.607. The molecule has 0 atom stereocenters. The molecule has 1 aliphatic heterocycles. The summed E-state index contributed by atoms with van der Waals surface area (Å²) in [5.74, 6) is 2.90. The van der Waals surface area contributed by atoms with Gasteiger partial charge in [-0.2, -0.15) is 0 Å². The van der Waals surface area contributed by atoms with Crippen LogP contribution in [0, 0.1) is 0 Å². The highest BCUT2D eigenvalue weighted by molar-refractivity contribution is 5.79. The van der Waals surface area contributed by atoms with Gasteiger partial charge in [-0.15, -0.1) is 10.2 Å². The smallest absolute Gasteiger partial charge is 0.191 e. The third-order valence-electron chi connectivity index (χ3n) is 5.16. The summed E-state index contributed by atoms with van der Waals surface area (Å²) in [4.78, 5) is 4.76. The molecule has 2 N–H and O–H groups in total. The molecule has 0 unspecified atom stereocenters. The highest BCUT2D eigenvalue weighted by atomic mass is 15.3. The maximum absolute atomic E-state index is 4.76. The molecular weight excluding hydrogens is 336 g/mol. The average Bonchev–Trinajstić information content (AvgIpc) is 2.91. The second-order valence-electron chi connectivity index (χ2n) is 7.79. The fourth-order valence-electron chi connectivity index (χ4n) is 3.45. The standard InChI is InChI=1S/C21H32N6/c1-4-22-20(24-16-21(2,3)17-11-7-5-8-12-17)23-15-19-26-25-18-13-9-6-10-14-27(18)19/h5,7-8,11-12H,4,6,9-10,13-16H2,1-3H3,(H2,22,23,24). The number of benzene rings is 1. The van der Waals surface area contributed by atoms with Gasteiger partial charge in [0.15, 0.2) is 11.8 Å². The van der Waals surface area contributed by atoms with E-state index in [1.165, 1.54) is 24.8 Å². The number of nitrogens with zero attached hydrogens (tertiary/aromatic N) is 4. The fraction of sp³-hybridized carbons (Fsp3) is 0.571. The van der Waals surface area contributed by atoms with E-state index in [4.69, 9.17) is 4.99 Å². The van der Waals surface area contributed by atoms with Crippen LogP contribution < -0.4 is 10.6 Å². The van der Waals surface area contributed by atoms with E-state index >= 15 is 0 Å². The van der Waals surface area contributed by atoms with E-state index in [9.17, 15) is 0 Å². The third-order valence-corrected chi connectivity index (χ3v) is 5.16. The molecule has 3 rings (SSSR count). The van der Waals surface area contributed by atoms with Crippen molar-refractivity contribution >= 4 is 5.96 Å². The summed E-state index contributed by atoms with van der Waals surface area (Å²) in [5, 5.41) is 15.6. The van der Waals surface area contributed by atoms with E-state index < -0.39 is 0 Å². The van der Waals surface area contributed by atoms with E-state index in [0.717, 1.165) is 43.7 Å². The van der Waals surface area contributed by atoms with Crippen LogP contribution in [0.5, 0.6) is 0 Å². The molecule has 1 aliphatic rings. The minimum absolute atomic E-state index is 0.0173. The van der Waals surface area contributed by atoms with Crippen LogP contribution in [0.3, 0.4) is 0 Å². The lowest BCUT2D eigenvalue weighted by Crippen LogP contribution is -2.43. The molecule has 0 bridgehead atoms. The maximum Gasteiger partial charge on any atom is 0.191 e. The average molecular weight is 369 g/mol. The number of guanidine groups is 1. The number of hydrogen-bond acceptors (Lipinski definition) is 3. The molecule has 2 heterocycles. The van der Waals surface area contributed by atoms with Gasteiger partial charge in [-0.25, -0.2) is 4.99 Å². The van der Waals surface area contributed by atoms with Crippen molar-refractivity contribution < 1.29 is 0 Å². The Hall–Kier alpha value is -2.37. The predicted molar refractivity (Wildman–Crippen MR) is 110 cm³/mol. The highest BCUT2D eigenvalue weighted by Crippen LogP contribution is 2.21. The van der Waals surface area contributed by atoms with E-state index in [2.05, 4.69) is 76.5 Å². The minimum Gasteiger partial charge on any atom is -0.357 e. The Kier molecular flexibility index (Phi) is 6.48. The molecule has 2 aromatic rings.